The summed E-state index contributed by atoms with van der Waals surface area (Å²) in [4.78, 5) is 28.3. The minimum absolute atomic E-state index is 0.0980. The summed E-state index contributed by atoms with van der Waals surface area (Å²) in [6.45, 7) is 8.53. The van der Waals surface area contributed by atoms with E-state index in [1.54, 1.807) is 7.11 Å². The van der Waals surface area contributed by atoms with E-state index in [1.807, 2.05) is 36.6 Å². The van der Waals surface area contributed by atoms with Gasteiger partial charge in [-0.1, -0.05) is 24.6 Å². The number of benzene rings is 1. The Labute approximate surface area is 144 Å². The Balaban J connectivity index is 1.98. The molecule has 0 spiro atoms. The number of hydrogen-bond donors (Lipinski definition) is 0. The van der Waals surface area contributed by atoms with Gasteiger partial charge in [0.15, 0.2) is 0 Å². The third kappa shape index (κ3) is 4.28. The lowest BCUT2D eigenvalue weighted by atomic mass is 10.0. The molecule has 1 aromatic carbocycles. The molecule has 1 fully saturated rings. The molecule has 5 heteroatoms. The first-order chi connectivity index (χ1) is 11.5. The molecule has 0 aliphatic carbocycles. The van der Waals surface area contributed by atoms with E-state index in [0.717, 1.165) is 28.9 Å². The number of carbonyl (C=O) groups is 2. The number of carbonyl (C=O) groups excluding carboxylic acids is 2. The van der Waals surface area contributed by atoms with E-state index < -0.39 is 0 Å². The lowest BCUT2D eigenvalue weighted by molar-refractivity contribution is -0.139. The van der Waals surface area contributed by atoms with Crippen LogP contribution in [-0.4, -0.2) is 54.9 Å². The highest BCUT2D eigenvalue weighted by molar-refractivity contribution is 5.81. The van der Waals surface area contributed by atoms with Crippen LogP contribution < -0.4 is 4.74 Å². The summed E-state index contributed by atoms with van der Waals surface area (Å²) in [6, 6.07) is 4.08. The number of piperazine rings is 1. The Hall–Kier alpha value is -2.04. The second kappa shape index (κ2) is 8.18. The van der Waals surface area contributed by atoms with E-state index in [9.17, 15) is 9.59 Å². The molecule has 24 heavy (non-hydrogen) atoms. The maximum absolute atomic E-state index is 12.6. The van der Waals surface area contributed by atoms with Gasteiger partial charge in [-0.25, -0.2) is 0 Å². The van der Waals surface area contributed by atoms with Crippen LogP contribution in [0.4, 0.5) is 0 Å². The summed E-state index contributed by atoms with van der Waals surface area (Å²) in [5.74, 6) is 1.09. The number of ether oxygens (including phenoxy) is 1. The van der Waals surface area contributed by atoms with Crippen LogP contribution in [0.15, 0.2) is 12.1 Å². The summed E-state index contributed by atoms with van der Waals surface area (Å²) >= 11 is 0. The van der Waals surface area contributed by atoms with Crippen molar-refractivity contribution in [1.29, 1.82) is 0 Å². The normalized spacial score (nSPS) is 14.7. The molecule has 0 radical (unpaired) electrons. The highest BCUT2D eigenvalue weighted by atomic mass is 16.5. The van der Waals surface area contributed by atoms with Gasteiger partial charge in [-0.2, -0.15) is 0 Å². The van der Waals surface area contributed by atoms with Gasteiger partial charge in [-0.3, -0.25) is 9.59 Å². The molecular weight excluding hydrogens is 304 g/mol. The summed E-state index contributed by atoms with van der Waals surface area (Å²) in [5, 5.41) is 0. The third-order valence-electron chi connectivity index (χ3n) is 4.49. The minimum atomic E-state index is 0.0980. The summed E-state index contributed by atoms with van der Waals surface area (Å²) < 4.78 is 5.47. The Morgan fingerprint density at radius 1 is 1.04 bits per heavy atom. The number of aryl methyl sites for hydroxylation is 2. The fourth-order valence-electron chi connectivity index (χ4n) is 3.32. The summed E-state index contributed by atoms with van der Waals surface area (Å²) in [5.41, 5.74) is 3.12. The van der Waals surface area contributed by atoms with Crippen LogP contribution in [0.1, 0.15) is 36.5 Å². The third-order valence-corrected chi connectivity index (χ3v) is 4.49. The number of amides is 2. The molecule has 1 heterocycles. The fraction of sp³-hybridized carbons (Fsp3) is 0.579. The molecule has 1 aliphatic heterocycles. The topological polar surface area (TPSA) is 49.9 Å². The van der Waals surface area contributed by atoms with Crippen molar-refractivity contribution in [2.45, 2.75) is 40.0 Å². The Kier molecular flexibility index (Phi) is 6.23. The van der Waals surface area contributed by atoms with Crippen LogP contribution in [0, 0.1) is 13.8 Å². The van der Waals surface area contributed by atoms with Crippen molar-refractivity contribution < 1.29 is 14.3 Å². The first kappa shape index (κ1) is 18.3. The van der Waals surface area contributed by atoms with Crippen molar-refractivity contribution in [3.05, 3.63) is 28.8 Å². The molecule has 2 amide bonds. The standard InChI is InChI=1S/C19H28N2O3/c1-5-6-17(22)20-7-9-21(10-8-20)18(23)13-16-12-14(2)11-15(3)19(16)24-4/h11-12H,5-10,13H2,1-4H3. The van der Waals surface area contributed by atoms with E-state index in [2.05, 4.69) is 6.07 Å². The maximum Gasteiger partial charge on any atom is 0.227 e. The van der Waals surface area contributed by atoms with Crippen molar-refractivity contribution >= 4 is 11.8 Å². The van der Waals surface area contributed by atoms with Crippen LogP contribution >= 0.6 is 0 Å². The van der Waals surface area contributed by atoms with E-state index in [1.165, 1.54) is 0 Å². The predicted octanol–water partition coefficient (Wildman–Crippen LogP) is 2.33. The molecule has 132 valence electrons. The van der Waals surface area contributed by atoms with Crippen LogP contribution in [0.2, 0.25) is 0 Å². The van der Waals surface area contributed by atoms with Crippen molar-refractivity contribution in [2.24, 2.45) is 0 Å². The van der Waals surface area contributed by atoms with Gasteiger partial charge in [0.2, 0.25) is 11.8 Å². The molecule has 0 N–H and O–H groups in total. The number of methoxy groups -OCH3 is 1. The molecule has 0 bridgehead atoms. The number of hydrogen-bond acceptors (Lipinski definition) is 3. The Bertz CT molecular complexity index is 605. The second-order valence-electron chi connectivity index (χ2n) is 6.46. The van der Waals surface area contributed by atoms with Crippen molar-refractivity contribution in [1.82, 2.24) is 9.80 Å². The highest BCUT2D eigenvalue weighted by Crippen LogP contribution is 2.26. The molecule has 1 aliphatic rings. The molecule has 0 aromatic heterocycles. The molecule has 0 unspecified atom stereocenters. The van der Waals surface area contributed by atoms with E-state index in [-0.39, 0.29) is 11.8 Å². The molecule has 2 rings (SSSR count). The van der Waals surface area contributed by atoms with Crippen molar-refractivity contribution in [3.63, 3.8) is 0 Å². The van der Waals surface area contributed by atoms with Crippen LogP contribution in [-0.2, 0) is 16.0 Å². The van der Waals surface area contributed by atoms with Crippen LogP contribution in [0.3, 0.4) is 0 Å². The SMILES string of the molecule is CCCC(=O)N1CCN(C(=O)Cc2cc(C)cc(C)c2OC)CC1. The number of nitrogens with zero attached hydrogens (tertiary/aromatic N) is 2. The molecular formula is C19H28N2O3. The maximum atomic E-state index is 12.6. The van der Waals surface area contributed by atoms with Crippen LogP contribution in [0.25, 0.3) is 0 Å². The predicted molar refractivity (Wildman–Crippen MR) is 94.2 cm³/mol. The van der Waals surface area contributed by atoms with Crippen molar-refractivity contribution in [3.8, 4) is 5.75 Å². The first-order valence-electron chi connectivity index (χ1n) is 8.66. The molecule has 0 atom stereocenters. The average molecular weight is 332 g/mol. The minimum Gasteiger partial charge on any atom is -0.496 e. The van der Waals surface area contributed by atoms with Gasteiger partial charge < -0.3 is 14.5 Å². The molecule has 5 nitrogen and oxygen atoms in total. The first-order valence-corrected chi connectivity index (χ1v) is 8.66. The van der Waals surface area contributed by atoms with Gasteiger partial charge >= 0.3 is 0 Å². The lowest BCUT2D eigenvalue weighted by Crippen LogP contribution is -2.50. The van der Waals surface area contributed by atoms with Gasteiger partial charge in [-0.15, -0.1) is 0 Å². The molecule has 1 aromatic rings. The number of rotatable bonds is 5. The quantitative estimate of drug-likeness (QED) is 0.831. The van der Waals surface area contributed by atoms with Gasteiger partial charge in [0.25, 0.3) is 0 Å². The smallest absolute Gasteiger partial charge is 0.227 e. The Morgan fingerprint density at radius 3 is 2.17 bits per heavy atom. The highest BCUT2D eigenvalue weighted by Gasteiger charge is 2.24. The summed E-state index contributed by atoms with van der Waals surface area (Å²) in [6.07, 6.45) is 1.80. The van der Waals surface area contributed by atoms with Gasteiger partial charge in [-0.05, 0) is 25.8 Å². The molecule has 0 saturated carbocycles. The zero-order valence-corrected chi connectivity index (χ0v) is 15.2. The Morgan fingerprint density at radius 2 is 1.62 bits per heavy atom. The molecule has 1 saturated heterocycles. The van der Waals surface area contributed by atoms with Crippen LogP contribution in [0.5, 0.6) is 5.75 Å². The zero-order chi connectivity index (χ0) is 17.7. The average Bonchev–Trinajstić information content (AvgIpc) is 2.55. The summed E-state index contributed by atoms with van der Waals surface area (Å²) in [7, 11) is 1.64. The van der Waals surface area contributed by atoms with Gasteiger partial charge in [0, 0.05) is 38.2 Å². The van der Waals surface area contributed by atoms with E-state index >= 15 is 0 Å². The second-order valence-corrected chi connectivity index (χ2v) is 6.46. The zero-order valence-electron chi connectivity index (χ0n) is 15.2. The van der Waals surface area contributed by atoms with E-state index in [0.29, 0.717) is 39.0 Å². The van der Waals surface area contributed by atoms with Gasteiger partial charge in [0.05, 0.1) is 13.5 Å². The monoisotopic (exact) mass is 332 g/mol. The van der Waals surface area contributed by atoms with Gasteiger partial charge in [0.1, 0.15) is 5.75 Å². The van der Waals surface area contributed by atoms with Crippen molar-refractivity contribution in [2.75, 3.05) is 33.3 Å². The largest absolute Gasteiger partial charge is 0.496 e. The lowest BCUT2D eigenvalue weighted by Gasteiger charge is -2.35. The van der Waals surface area contributed by atoms with E-state index in [4.69, 9.17) is 4.74 Å². The fourth-order valence-corrected chi connectivity index (χ4v) is 3.32.